The van der Waals surface area contributed by atoms with Crippen LogP contribution in [0.5, 0.6) is 0 Å². The van der Waals surface area contributed by atoms with Gasteiger partial charge in [0.15, 0.2) is 9.84 Å². The van der Waals surface area contributed by atoms with Gasteiger partial charge < -0.3 is 0 Å². The Morgan fingerprint density at radius 3 is 2.29 bits per heavy atom. The zero-order valence-electron chi connectivity index (χ0n) is 12.1. The second-order valence-corrected chi connectivity index (χ2v) is 8.60. The van der Waals surface area contributed by atoms with Gasteiger partial charge in [-0.1, -0.05) is 32.0 Å². The minimum atomic E-state index is -3.52. The van der Waals surface area contributed by atoms with E-state index >= 15 is 0 Å². The van der Waals surface area contributed by atoms with E-state index < -0.39 is 26.6 Å². The normalized spacial score (nSPS) is 35.4. The van der Waals surface area contributed by atoms with Crippen molar-refractivity contribution in [2.45, 2.75) is 31.6 Å². The molecule has 112 valence electrons. The van der Waals surface area contributed by atoms with Gasteiger partial charge in [0, 0.05) is 16.7 Å². The van der Waals surface area contributed by atoms with Crippen molar-refractivity contribution < 1.29 is 18.0 Å². The fraction of sp³-hybridized carbons (Fsp3) is 0.500. The smallest absolute Gasteiger partial charge is 0.205 e. The van der Waals surface area contributed by atoms with Crippen molar-refractivity contribution in [1.82, 2.24) is 0 Å². The monoisotopic (exact) mass is 306 g/mol. The van der Waals surface area contributed by atoms with Crippen molar-refractivity contribution in [3.63, 3.8) is 0 Å². The first-order valence-corrected chi connectivity index (χ1v) is 8.74. The highest BCUT2D eigenvalue weighted by molar-refractivity contribution is 7.91. The third-order valence-electron chi connectivity index (χ3n) is 5.60. The van der Waals surface area contributed by atoms with Gasteiger partial charge >= 0.3 is 0 Å². The molecule has 1 aromatic carbocycles. The highest BCUT2D eigenvalue weighted by atomic mass is 32.2. The molecular weight excluding hydrogens is 288 g/mol. The van der Waals surface area contributed by atoms with Gasteiger partial charge in [-0.2, -0.15) is 0 Å². The molecule has 3 unspecified atom stereocenters. The Kier molecular flexibility index (Phi) is 2.93. The summed E-state index contributed by atoms with van der Waals surface area (Å²) < 4.78 is 25.3. The highest BCUT2D eigenvalue weighted by Gasteiger charge is 2.69. The molecule has 0 spiro atoms. The number of rotatable bonds is 3. The van der Waals surface area contributed by atoms with Crippen LogP contribution in [0.15, 0.2) is 35.2 Å². The molecule has 4 nitrogen and oxygen atoms in total. The van der Waals surface area contributed by atoms with Gasteiger partial charge in [0.05, 0.1) is 10.6 Å². The van der Waals surface area contributed by atoms with Crippen LogP contribution < -0.4 is 0 Å². The lowest BCUT2D eigenvalue weighted by molar-refractivity contribution is -0.141. The first-order valence-electron chi connectivity index (χ1n) is 7.09. The molecule has 0 amide bonds. The summed E-state index contributed by atoms with van der Waals surface area (Å²) in [5.41, 5.74) is -1.63. The molecule has 0 radical (unpaired) electrons. The van der Waals surface area contributed by atoms with Gasteiger partial charge in [-0.05, 0) is 25.0 Å². The SMILES string of the molecule is CC12CCC(C(=O)C1=O)C2(C)CS(=O)(=O)c1ccccc1. The number of hydrogen-bond donors (Lipinski definition) is 0. The zero-order valence-corrected chi connectivity index (χ0v) is 12.9. The van der Waals surface area contributed by atoms with E-state index in [1.54, 1.807) is 44.2 Å². The number of ketones is 2. The van der Waals surface area contributed by atoms with Crippen LogP contribution in [0.3, 0.4) is 0 Å². The molecule has 2 fully saturated rings. The fourth-order valence-electron chi connectivity index (χ4n) is 4.01. The maximum absolute atomic E-state index is 12.6. The number of sulfone groups is 1. The summed E-state index contributed by atoms with van der Waals surface area (Å²) in [5.74, 6) is -1.37. The van der Waals surface area contributed by atoms with Gasteiger partial charge in [0.25, 0.3) is 0 Å². The van der Waals surface area contributed by atoms with Crippen LogP contribution in [0, 0.1) is 16.7 Å². The van der Waals surface area contributed by atoms with Crippen LogP contribution in [0.4, 0.5) is 0 Å². The molecular formula is C16H18O4S. The Bertz CT molecular complexity index is 722. The maximum Gasteiger partial charge on any atom is 0.205 e. The number of hydrogen-bond acceptors (Lipinski definition) is 4. The molecule has 0 saturated heterocycles. The predicted molar refractivity (Wildman–Crippen MR) is 77.4 cm³/mol. The van der Waals surface area contributed by atoms with E-state index in [0.29, 0.717) is 12.8 Å². The number of carbonyl (C=O) groups excluding carboxylic acids is 2. The van der Waals surface area contributed by atoms with Crippen molar-refractivity contribution in [3.8, 4) is 0 Å². The Morgan fingerprint density at radius 1 is 1.14 bits per heavy atom. The third-order valence-corrected chi connectivity index (χ3v) is 7.57. The van der Waals surface area contributed by atoms with Gasteiger partial charge in [0.2, 0.25) is 11.6 Å². The van der Waals surface area contributed by atoms with E-state index in [-0.39, 0.29) is 22.2 Å². The summed E-state index contributed by atoms with van der Waals surface area (Å²) in [5, 5.41) is 0. The lowest BCUT2D eigenvalue weighted by atomic mass is 9.70. The summed E-state index contributed by atoms with van der Waals surface area (Å²) >= 11 is 0. The number of carbonyl (C=O) groups is 2. The maximum atomic E-state index is 12.6. The molecule has 3 atom stereocenters. The van der Waals surface area contributed by atoms with Gasteiger partial charge in [-0.3, -0.25) is 9.59 Å². The van der Waals surface area contributed by atoms with Gasteiger partial charge in [-0.15, -0.1) is 0 Å². The standard InChI is InChI=1S/C16H18O4S/c1-15-9-8-12(13(17)14(15)18)16(15,2)10-21(19,20)11-6-4-3-5-7-11/h3-7,12H,8-10H2,1-2H3. The van der Waals surface area contributed by atoms with Gasteiger partial charge in [0.1, 0.15) is 0 Å². The van der Waals surface area contributed by atoms with E-state index in [0.717, 1.165) is 0 Å². The van der Waals surface area contributed by atoms with E-state index in [1.165, 1.54) is 0 Å². The first-order chi connectivity index (χ1) is 9.72. The Labute approximate surface area is 124 Å². The second-order valence-electron chi connectivity index (χ2n) is 6.61. The molecule has 0 aromatic heterocycles. The molecule has 2 aliphatic rings. The average Bonchev–Trinajstić information content (AvgIpc) is 2.76. The summed E-state index contributed by atoms with van der Waals surface area (Å²) in [4.78, 5) is 24.5. The number of fused-ring (bicyclic) bond motifs is 2. The molecule has 3 rings (SSSR count). The summed E-state index contributed by atoms with van der Waals surface area (Å²) in [7, 11) is -3.52. The van der Waals surface area contributed by atoms with Crippen molar-refractivity contribution in [3.05, 3.63) is 30.3 Å². The molecule has 0 aliphatic heterocycles. The topological polar surface area (TPSA) is 68.3 Å². The van der Waals surface area contributed by atoms with Crippen LogP contribution in [-0.4, -0.2) is 25.7 Å². The molecule has 5 heteroatoms. The molecule has 0 N–H and O–H groups in total. The zero-order chi connectivity index (χ0) is 15.5. The van der Waals surface area contributed by atoms with Gasteiger partial charge in [-0.25, -0.2) is 8.42 Å². The van der Waals surface area contributed by atoms with E-state index in [2.05, 4.69) is 0 Å². The molecule has 1 aromatic rings. The number of Topliss-reactive ketones (excluding diaryl/α,β-unsaturated/α-hetero) is 2. The molecule has 2 saturated carbocycles. The summed E-state index contributed by atoms with van der Waals surface area (Å²) in [6, 6.07) is 8.23. The quantitative estimate of drug-likeness (QED) is 0.801. The van der Waals surface area contributed by atoms with E-state index in [9.17, 15) is 18.0 Å². The summed E-state index contributed by atoms with van der Waals surface area (Å²) in [6.45, 7) is 3.54. The highest BCUT2D eigenvalue weighted by Crippen LogP contribution is 2.63. The summed E-state index contributed by atoms with van der Waals surface area (Å²) in [6.07, 6.45) is 1.21. The third kappa shape index (κ3) is 1.76. The second kappa shape index (κ2) is 4.26. The first kappa shape index (κ1) is 14.4. The lowest BCUT2D eigenvalue weighted by Crippen LogP contribution is -2.40. The van der Waals surface area contributed by atoms with Crippen LogP contribution >= 0.6 is 0 Å². The number of benzene rings is 1. The van der Waals surface area contributed by atoms with Crippen molar-refractivity contribution in [1.29, 1.82) is 0 Å². The molecule has 21 heavy (non-hydrogen) atoms. The van der Waals surface area contributed by atoms with Crippen LogP contribution in [0.1, 0.15) is 26.7 Å². The minimum absolute atomic E-state index is 0.150. The predicted octanol–water partition coefficient (Wildman–Crippen LogP) is 2.03. The average molecular weight is 306 g/mol. The van der Waals surface area contributed by atoms with Crippen LogP contribution in [0.2, 0.25) is 0 Å². The molecule has 2 bridgehead atoms. The Hall–Kier alpha value is -1.49. The molecule has 2 aliphatic carbocycles. The van der Waals surface area contributed by atoms with Crippen molar-refractivity contribution in [2.24, 2.45) is 16.7 Å². The van der Waals surface area contributed by atoms with Crippen molar-refractivity contribution >= 4 is 21.4 Å². The Morgan fingerprint density at radius 2 is 1.76 bits per heavy atom. The van der Waals surface area contributed by atoms with E-state index in [4.69, 9.17) is 0 Å². The lowest BCUT2D eigenvalue weighted by Gasteiger charge is -2.35. The largest absolute Gasteiger partial charge is 0.291 e. The Balaban J connectivity index is 2.03. The minimum Gasteiger partial charge on any atom is -0.291 e. The fourth-order valence-corrected chi connectivity index (χ4v) is 6.06. The van der Waals surface area contributed by atoms with Crippen LogP contribution in [-0.2, 0) is 19.4 Å². The molecule has 0 heterocycles. The van der Waals surface area contributed by atoms with E-state index in [1.807, 2.05) is 0 Å². The van der Waals surface area contributed by atoms with Crippen molar-refractivity contribution in [2.75, 3.05) is 5.75 Å². The van der Waals surface area contributed by atoms with Crippen LogP contribution in [0.25, 0.3) is 0 Å².